The van der Waals surface area contributed by atoms with Gasteiger partial charge in [0.15, 0.2) is 0 Å². The molecular weight excluding hydrogens is 456 g/mol. The fourth-order valence-corrected chi connectivity index (χ4v) is 3.62. The van der Waals surface area contributed by atoms with Gasteiger partial charge in [0.25, 0.3) is 0 Å². The summed E-state index contributed by atoms with van der Waals surface area (Å²) in [6.07, 6.45) is 0.580. The molecule has 0 radical (unpaired) electrons. The zero-order valence-corrected chi connectivity index (χ0v) is 19.6. The first-order chi connectivity index (χ1) is 16.9. The maximum atomic E-state index is 13.8. The minimum Gasteiger partial charge on any atom is -0.497 e. The Bertz CT molecular complexity index is 1110. The van der Waals surface area contributed by atoms with Gasteiger partial charge in [0.2, 0.25) is 0 Å². The summed E-state index contributed by atoms with van der Waals surface area (Å²) in [6, 6.07) is 13.1. The third kappa shape index (κ3) is 7.73. The molecule has 0 saturated carbocycles. The maximum absolute atomic E-state index is 13.8. The number of ether oxygens (including phenoxy) is 2. The van der Waals surface area contributed by atoms with Crippen LogP contribution in [0.2, 0.25) is 0 Å². The Balaban J connectivity index is 1.77. The summed E-state index contributed by atoms with van der Waals surface area (Å²) in [7, 11) is 1.59. The third-order valence-electron chi connectivity index (χ3n) is 5.28. The standard InChI is InChI=1S/C26H29F2N3O4/c1-3-35-26(33)22-8-5-9-30-25(22)31-23(13-18-10-19(27)14-20(28)11-18)24(32)16-29-15-17-6-4-7-21(12-17)34-2/h4-12,14,23-24,29,32H,3,13,15-16H2,1-2H3,(H,30,31)/t23-,24+/m0/s1. The second kappa shape index (κ2) is 12.8. The highest BCUT2D eigenvalue weighted by molar-refractivity contribution is 5.94. The van der Waals surface area contributed by atoms with Gasteiger partial charge in [0.05, 0.1) is 25.9 Å². The second-order valence-corrected chi connectivity index (χ2v) is 7.90. The van der Waals surface area contributed by atoms with Gasteiger partial charge >= 0.3 is 5.97 Å². The van der Waals surface area contributed by atoms with Crippen LogP contribution in [0.1, 0.15) is 28.4 Å². The van der Waals surface area contributed by atoms with Crippen LogP contribution in [-0.2, 0) is 17.7 Å². The van der Waals surface area contributed by atoms with Crippen LogP contribution in [0.25, 0.3) is 0 Å². The van der Waals surface area contributed by atoms with Crippen LogP contribution in [0.3, 0.4) is 0 Å². The lowest BCUT2D eigenvalue weighted by Crippen LogP contribution is -2.42. The van der Waals surface area contributed by atoms with Crippen LogP contribution in [0, 0.1) is 11.6 Å². The number of nitrogens with zero attached hydrogens (tertiary/aromatic N) is 1. The molecule has 186 valence electrons. The molecule has 1 aromatic heterocycles. The molecule has 0 saturated heterocycles. The lowest BCUT2D eigenvalue weighted by Gasteiger charge is -2.26. The van der Waals surface area contributed by atoms with Gasteiger partial charge in [0, 0.05) is 25.4 Å². The number of methoxy groups -OCH3 is 1. The van der Waals surface area contributed by atoms with Crippen molar-refractivity contribution in [1.29, 1.82) is 0 Å². The molecule has 0 aliphatic carbocycles. The largest absolute Gasteiger partial charge is 0.497 e. The quantitative estimate of drug-likeness (QED) is 0.337. The van der Waals surface area contributed by atoms with Gasteiger partial charge in [-0.2, -0.15) is 0 Å². The number of esters is 1. The molecule has 9 heteroatoms. The summed E-state index contributed by atoms with van der Waals surface area (Å²) in [5.74, 6) is -1.06. The van der Waals surface area contributed by atoms with Crippen molar-refractivity contribution < 1.29 is 28.2 Å². The predicted octanol–water partition coefficient (Wildman–Crippen LogP) is 3.72. The van der Waals surface area contributed by atoms with Crippen molar-refractivity contribution in [2.24, 2.45) is 0 Å². The van der Waals surface area contributed by atoms with Crippen molar-refractivity contribution in [3.8, 4) is 5.75 Å². The number of aromatic nitrogens is 1. The fourth-order valence-electron chi connectivity index (χ4n) is 3.62. The number of aliphatic hydroxyl groups excluding tert-OH is 1. The van der Waals surface area contributed by atoms with Gasteiger partial charge in [-0.15, -0.1) is 0 Å². The number of carbonyl (C=O) groups excluding carboxylic acids is 1. The molecule has 0 amide bonds. The van der Waals surface area contributed by atoms with Gasteiger partial charge in [0.1, 0.15) is 28.8 Å². The average Bonchev–Trinajstić information content (AvgIpc) is 2.83. The van der Waals surface area contributed by atoms with Crippen LogP contribution in [-0.4, -0.2) is 48.5 Å². The van der Waals surface area contributed by atoms with Gasteiger partial charge in [-0.05, 0) is 60.9 Å². The first kappa shape index (κ1) is 26.1. The molecule has 0 bridgehead atoms. The van der Waals surface area contributed by atoms with E-state index in [1.165, 1.54) is 18.3 Å². The second-order valence-electron chi connectivity index (χ2n) is 7.90. The molecule has 3 aromatic rings. The number of aliphatic hydroxyl groups is 1. The van der Waals surface area contributed by atoms with E-state index in [1.807, 2.05) is 24.3 Å². The summed E-state index contributed by atoms with van der Waals surface area (Å²) < 4.78 is 37.9. The van der Waals surface area contributed by atoms with Crippen molar-refractivity contribution >= 4 is 11.8 Å². The molecule has 1 heterocycles. The Labute approximate surface area is 203 Å². The number of pyridine rings is 1. The van der Waals surface area contributed by atoms with Crippen molar-refractivity contribution in [3.05, 3.63) is 89.1 Å². The molecule has 2 aromatic carbocycles. The molecule has 0 spiro atoms. The van der Waals surface area contributed by atoms with E-state index in [0.29, 0.717) is 12.1 Å². The molecular formula is C26H29F2N3O4. The van der Waals surface area contributed by atoms with E-state index in [0.717, 1.165) is 17.4 Å². The minimum atomic E-state index is -0.996. The lowest BCUT2D eigenvalue weighted by molar-refractivity contribution is 0.0526. The first-order valence-corrected chi connectivity index (χ1v) is 11.2. The van der Waals surface area contributed by atoms with E-state index < -0.39 is 29.7 Å². The molecule has 0 aliphatic heterocycles. The highest BCUT2D eigenvalue weighted by atomic mass is 19.1. The highest BCUT2D eigenvalue weighted by Gasteiger charge is 2.23. The number of carbonyl (C=O) groups is 1. The predicted molar refractivity (Wildman–Crippen MR) is 128 cm³/mol. The van der Waals surface area contributed by atoms with Gasteiger partial charge in [-0.3, -0.25) is 0 Å². The molecule has 2 atom stereocenters. The first-order valence-electron chi connectivity index (χ1n) is 11.2. The summed E-state index contributed by atoms with van der Waals surface area (Å²) in [6.45, 7) is 2.51. The normalized spacial score (nSPS) is 12.6. The van der Waals surface area contributed by atoms with Crippen LogP contribution in [0.15, 0.2) is 60.8 Å². The van der Waals surface area contributed by atoms with E-state index in [9.17, 15) is 18.7 Å². The SMILES string of the molecule is CCOC(=O)c1cccnc1N[C@@H](Cc1cc(F)cc(F)c1)[C@H](O)CNCc1cccc(OC)c1. The van der Waals surface area contributed by atoms with Crippen molar-refractivity contribution in [2.45, 2.75) is 32.0 Å². The molecule has 0 unspecified atom stereocenters. The number of hydrogen-bond donors (Lipinski definition) is 3. The average molecular weight is 486 g/mol. The summed E-state index contributed by atoms with van der Waals surface area (Å²) >= 11 is 0. The monoisotopic (exact) mass is 485 g/mol. The zero-order valence-electron chi connectivity index (χ0n) is 19.6. The van der Waals surface area contributed by atoms with E-state index >= 15 is 0 Å². The third-order valence-corrected chi connectivity index (χ3v) is 5.28. The molecule has 7 nitrogen and oxygen atoms in total. The lowest BCUT2D eigenvalue weighted by atomic mass is 10.00. The van der Waals surface area contributed by atoms with Gasteiger partial charge < -0.3 is 25.2 Å². The van der Waals surface area contributed by atoms with Gasteiger partial charge in [-0.25, -0.2) is 18.6 Å². The molecule has 3 rings (SSSR count). The fraction of sp³-hybridized carbons (Fsp3) is 0.308. The van der Waals surface area contributed by atoms with E-state index in [-0.39, 0.29) is 31.0 Å². The summed E-state index contributed by atoms with van der Waals surface area (Å²) in [4.78, 5) is 16.6. The zero-order chi connectivity index (χ0) is 25.2. The van der Waals surface area contributed by atoms with Crippen molar-refractivity contribution in [1.82, 2.24) is 10.3 Å². The van der Waals surface area contributed by atoms with Crippen molar-refractivity contribution in [2.75, 3.05) is 25.6 Å². The number of hydrogen-bond acceptors (Lipinski definition) is 7. The topological polar surface area (TPSA) is 92.7 Å². The Morgan fingerprint density at radius 1 is 1.09 bits per heavy atom. The van der Waals surface area contributed by atoms with Crippen molar-refractivity contribution in [3.63, 3.8) is 0 Å². The molecule has 0 aliphatic rings. The number of benzene rings is 2. The Morgan fingerprint density at radius 3 is 2.57 bits per heavy atom. The number of anilines is 1. The smallest absolute Gasteiger partial charge is 0.341 e. The Hall–Kier alpha value is -3.56. The molecule has 0 fully saturated rings. The molecule has 3 N–H and O–H groups in total. The number of nitrogens with one attached hydrogen (secondary N) is 2. The Morgan fingerprint density at radius 2 is 1.86 bits per heavy atom. The van der Waals surface area contributed by atoms with E-state index in [4.69, 9.17) is 9.47 Å². The summed E-state index contributed by atoms with van der Waals surface area (Å²) in [5.41, 5.74) is 1.50. The molecule has 35 heavy (non-hydrogen) atoms. The van der Waals surface area contributed by atoms with E-state index in [1.54, 1.807) is 26.2 Å². The maximum Gasteiger partial charge on any atom is 0.341 e. The summed E-state index contributed by atoms with van der Waals surface area (Å²) in [5, 5.41) is 17.3. The minimum absolute atomic E-state index is 0.0789. The van der Waals surface area contributed by atoms with Crippen LogP contribution in [0.5, 0.6) is 5.75 Å². The number of rotatable bonds is 12. The van der Waals surface area contributed by atoms with Gasteiger partial charge in [-0.1, -0.05) is 12.1 Å². The van der Waals surface area contributed by atoms with E-state index in [2.05, 4.69) is 15.6 Å². The number of halogens is 2. The Kier molecular flexibility index (Phi) is 9.51. The van der Waals surface area contributed by atoms with Crippen LogP contribution >= 0.6 is 0 Å². The van der Waals surface area contributed by atoms with Crippen LogP contribution in [0.4, 0.5) is 14.6 Å². The van der Waals surface area contributed by atoms with Crippen LogP contribution < -0.4 is 15.4 Å². The highest BCUT2D eigenvalue weighted by Crippen LogP contribution is 2.19.